The summed E-state index contributed by atoms with van der Waals surface area (Å²) in [6.07, 6.45) is 3.20. The molecule has 0 aliphatic carbocycles. The standard InChI is InChI=1S/C25H24O5S/c1-25(2,24(27)28)18-10-7-16(8-11-18)20(26)12-9-17-14-19(23-6-5-13-31-23)22(30-4)15-21(17)29-3/h5-15H,1-4H3,(H,27,28)/b12-9+. The molecular weight excluding hydrogens is 412 g/mol. The van der Waals surface area contributed by atoms with E-state index in [0.717, 1.165) is 16.0 Å². The fraction of sp³-hybridized carbons (Fsp3) is 0.200. The molecule has 3 rings (SSSR count). The lowest BCUT2D eigenvalue weighted by molar-refractivity contribution is -0.142. The normalized spacial score (nSPS) is 11.5. The molecule has 5 nitrogen and oxygen atoms in total. The van der Waals surface area contributed by atoms with E-state index in [9.17, 15) is 14.7 Å². The molecule has 1 aromatic heterocycles. The predicted molar refractivity (Wildman–Crippen MR) is 123 cm³/mol. The lowest BCUT2D eigenvalue weighted by atomic mass is 9.84. The van der Waals surface area contributed by atoms with Gasteiger partial charge in [-0.3, -0.25) is 9.59 Å². The molecule has 0 bridgehead atoms. The Labute approximate surface area is 185 Å². The van der Waals surface area contributed by atoms with Crippen LogP contribution in [-0.4, -0.2) is 31.1 Å². The van der Waals surface area contributed by atoms with Crippen LogP contribution in [-0.2, 0) is 10.2 Å². The summed E-state index contributed by atoms with van der Waals surface area (Å²) in [5, 5.41) is 11.4. The number of methoxy groups -OCH3 is 2. The van der Waals surface area contributed by atoms with E-state index in [0.29, 0.717) is 22.6 Å². The topological polar surface area (TPSA) is 72.8 Å². The third-order valence-electron chi connectivity index (χ3n) is 5.18. The number of thiophene rings is 1. The Morgan fingerprint density at radius 3 is 2.23 bits per heavy atom. The van der Waals surface area contributed by atoms with Crippen LogP contribution in [0, 0.1) is 0 Å². The van der Waals surface area contributed by atoms with Gasteiger partial charge in [-0.05, 0) is 49.1 Å². The highest BCUT2D eigenvalue weighted by atomic mass is 32.1. The van der Waals surface area contributed by atoms with E-state index >= 15 is 0 Å². The fourth-order valence-electron chi connectivity index (χ4n) is 3.11. The highest BCUT2D eigenvalue weighted by Crippen LogP contribution is 2.38. The van der Waals surface area contributed by atoms with E-state index < -0.39 is 11.4 Å². The lowest BCUT2D eigenvalue weighted by Gasteiger charge is -2.19. The van der Waals surface area contributed by atoms with Crippen LogP contribution in [0.25, 0.3) is 16.5 Å². The third-order valence-corrected chi connectivity index (χ3v) is 6.08. The van der Waals surface area contributed by atoms with Crippen molar-refractivity contribution in [3.63, 3.8) is 0 Å². The van der Waals surface area contributed by atoms with Crippen molar-refractivity contribution in [2.75, 3.05) is 14.2 Å². The maximum Gasteiger partial charge on any atom is 0.313 e. The SMILES string of the molecule is COc1cc(OC)c(-c2cccs2)cc1/C=C/C(=O)c1ccc(C(C)(C)C(=O)O)cc1. The summed E-state index contributed by atoms with van der Waals surface area (Å²) in [6.45, 7) is 3.26. The number of benzene rings is 2. The van der Waals surface area contributed by atoms with E-state index in [2.05, 4.69) is 0 Å². The molecule has 3 aromatic rings. The van der Waals surface area contributed by atoms with Crippen LogP contribution < -0.4 is 9.47 Å². The number of ketones is 1. The Bertz CT molecular complexity index is 1110. The molecule has 0 saturated heterocycles. The van der Waals surface area contributed by atoms with Crippen molar-refractivity contribution in [1.82, 2.24) is 0 Å². The average molecular weight is 437 g/mol. The van der Waals surface area contributed by atoms with Gasteiger partial charge in [0, 0.05) is 27.6 Å². The van der Waals surface area contributed by atoms with Gasteiger partial charge in [0.15, 0.2) is 5.78 Å². The van der Waals surface area contributed by atoms with Crippen molar-refractivity contribution >= 4 is 29.2 Å². The number of carboxylic acids is 1. The van der Waals surface area contributed by atoms with Crippen molar-refractivity contribution in [3.05, 3.63) is 76.7 Å². The summed E-state index contributed by atoms with van der Waals surface area (Å²) in [5.41, 5.74) is 1.77. The molecule has 0 amide bonds. The van der Waals surface area contributed by atoms with Gasteiger partial charge in [0.2, 0.25) is 0 Å². The molecule has 160 valence electrons. The number of hydrogen-bond donors (Lipinski definition) is 1. The Hall–Kier alpha value is -3.38. The molecule has 6 heteroatoms. The van der Waals surface area contributed by atoms with Gasteiger partial charge < -0.3 is 14.6 Å². The summed E-state index contributed by atoms with van der Waals surface area (Å²) in [7, 11) is 3.18. The summed E-state index contributed by atoms with van der Waals surface area (Å²) in [6, 6.07) is 14.4. The molecule has 1 N–H and O–H groups in total. The number of carbonyl (C=O) groups excluding carboxylic acids is 1. The van der Waals surface area contributed by atoms with E-state index in [4.69, 9.17) is 9.47 Å². The number of hydrogen-bond acceptors (Lipinski definition) is 5. The molecule has 1 heterocycles. The summed E-state index contributed by atoms with van der Waals surface area (Å²) in [4.78, 5) is 25.2. The van der Waals surface area contributed by atoms with E-state index in [1.165, 1.54) is 6.08 Å². The number of aliphatic carboxylic acids is 1. The van der Waals surface area contributed by atoms with Crippen molar-refractivity contribution in [2.24, 2.45) is 0 Å². The Morgan fingerprint density at radius 2 is 1.68 bits per heavy atom. The fourth-order valence-corrected chi connectivity index (χ4v) is 3.86. The first-order chi connectivity index (χ1) is 14.8. The Kier molecular flexibility index (Phi) is 6.61. The van der Waals surface area contributed by atoms with Crippen LogP contribution in [0.4, 0.5) is 0 Å². The predicted octanol–water partition coefficient (Wildman–Crippen LogP) is 5.69. The van der Waals surface area contributed by atoms with Crippen LogP contribution >= 0.6 is 11.3 Å². The maximum atomic E-state index is 12.7. The van der Waals surface area contributed by atoms with Crippen molar-refractivity contribution in [3.8, 4) is 21.9 Å². The molecule has 0 aliphatic rings. The highest BCUT2D eigenvalue weighted by Gasteiger charge is 2.29. The molecule has 2 aromatic carbocycles. The molecule has 0 saturated carbocycles. The first-order valence-electron chi connectivity index (χ1n) is 9.64. The molecule has 31 heavy (non-hydrogen) atoms. The van der Waals surface area contributed by atoms with E-state index in [1.54, 1.807) is 69.7 Å². The van der Waals surface area contributed by atoms with Gasteiger partial charge in [-0.2, -0.15) is 0 Å². The van der Waals surface area contributed by atoms with Gasteiger partial charge >= 0.3 is 5.97 Å². The average Bonchev–Trinajstić information content (AvgIpc) is 3.31. The first kappa shape index (κ1) is 22.3. The second-order valence-electron chi connectivity index (χ2n) is 7.48. The van der Waals surface area contributed by atoms with Gasteiger partial charge in [0.25, 0.3) is 0 Å². The number of allylic oxidation sites excluding steroid dienone is 1. The van der Waals surface area contributed by atoms with Crippen LogP contribution in [0.5, 0.6) is 11.5 Å². The van der Waals surface area contributed by atoms with Crippen molar-refractivity contribution in [1.29, 1.82) is 0 Å². The summed E-state index contributed by atoms with van der Waals surface area (Å²) >= 11 is 1.60. The minimum atomic E-state index is -1.02. The number of ether oxygens (including phenoxy) is 2. The zero-order valence-corrected chi connectivity index (χ0v) is 18.7. The number of carboxylic acid groups (broad SMARTS) is 1. The van der Waals surface area contributed by atoms with Gasteiger partial charge in [-0.1, -0.05) is 30.3 Å². The molecule has 0 spiro atoms. The van der Waals surface area contributed by atoms with E-state index in [1.807, 2.05) is 29.6 Å². The van der Waals surface area contributed by atoms with E-state index in [-0.39, 0.29) is 5.78 Å². The quantitative estimate of drug-likeness (QED) is 0.363. The molecule has 0 atom stereocenters. The minimum absolute atomic E-state index is 0.185. The second kappa shape index (κ2) is 9.18. The Morgan fingerprint density at radius 1 is 1.00 bits per heavy atom. The molecular formula is C25H24O5S. The monoisotopic (exact) mass is 436 g/mol. The van der Waals surface area contributed by atoms with Gasteiger partial charge in [0.1, 0.15) is 11.5 Å². The molecule has 0 radical (unpaired) electrons. The zero-order valence-electron chi connectivity index (χ0n) is 17.8. The highest BCUT2D eigenvalue weighted by molar-refractivity contribution is 7.13. The van der Waals surface area contributed by atoms with Crippen molar-refractivity contribution in [2.45, 2.75) is 19.3 Å². The molecule has 0 fully saturated rings. The van der Waals surface area contributed by atoms with Crippen molar-refractivity contribution < 1.29 is 24.2 Å². The smallest absolute Gasteiger partial charge is 0.313 e. The van der Waals surface area contributed by atoms with Gasteiger partial charge in [-0.15, -0.1) is 11.3 Å². The van der Waals surface area contributed by atoms with Crippen LogP contribution in [0.15, 0.2) is 60.0 Å². The molecule has 0 aliphatic heterocycles. The van der Waals surface area contributed by atoms with Gasteiger partial charge in [-0.25, -0.2) is 0 Å². The summed E-state index contributed by atoms with van der Waals surface area (Å²) < 4.78 is 11.0. The lowest BCUT2D eigenvalue weighted by Crippen LogP contribution is -2.28. The summed E-state index contributed by atoms with van der Waals surface area (Å²) in [5.74, 6) is 0.189. The molecule has 0 unspecified atom stereocenters. The first-order valence-corrected chi connectivity index (χ1v) is 10.5. The second-order valence-corrected chi connectivity index (χ2v) is 8.42. The van der Waals surface area contributed by atoms with Crippen LogP contribution in [0.3, 0.4) is 0 Å². The zero-order chi connectivity index (χ0) is 22.6. The largest absolute Gasteiger partial charge is 0.496 e. The van der Waals surface area contributed by atoms with Gasteiger partial charge in [0.05, 0.1) is 19.6 Å². The van der Waals surface area contributed by atoms with Crippen LogP contribution in [0.1, 0.15) is 35.3 Å². The number of carbonyl (C=O) groups is 2. The number of rotatable bonds is 8. The van der Waals surface area contributed by atoms with Crippen LogP contribution in [0.2, 0.25) is 0 Å². The third kappa shape index (κ3) is 4.70. The Balaban J connectivity index is 1.90. The maximum absolute atomic E-state index is 12.7. The minimum Gasteiger partial charge on any atom is -0.496 e.